The Morgan fingerprint density at radius 3 is 2.71 bits per heavy atom. The van der Waals surface area contributed by atoms with Crippen molar-refractivity contribution in [1.29, 1.82) is 0 Å². The van der Waals surface area contributed by atoms with Gasteiger partial charge in [0.1, 0.15) is 0 Å². The van der Waals surface area contributed by atoms with Crippen molar-refractivity contribution in [3.05, 3.63) is 24.3 Å². The average Bonchev–Trinajstić information content (AvgIpc) is 2.29. The smallest absolute Gasteiger partial charge is 0.321 e. The Hall–Kier alpha value is -1.56. The molecule has 0 radical (unpaired) electrons. The van der Waals surface area contributed by atoms with Gasteiger partial charge in [0.2, 0.25) is 0 Å². The molecular formula is C11H15N3O2S. The van der Waals surface area contributed by atoms with E-state index in [0.717, 1.165) is 0 Å². The number of nitrogen functional groups attached to an aromatic ring is 1. The quantitative estimate of drug-likeness (QED) is 0.729. The molecule has 0 unspecified atom stereocenters. The van der Waals surface area contributed by atoms with Crippen LogP contribution in [0.4, 0.5) is 16.2 Å². The Bertz CT molecular complexity index is 440. The van der Waals surface area contributed by atoms with Crippen molar-refractivity contribution < 1.29 is 9.00 Å². The predicted octanol–water partition coefficient (Wildman–Crippen LogP) is 0.865. The van der Waals surface area contributed by atoms with E-state index in [0.29, 0.717) is 36.0 Å². The molecule has 0 spiro atoms. The van der Waals surface area contributed by atoms with E-state index in [1.165, 1.54) is 0 Å². The molecule has 1 aromatic rings. The lowest BCUT2D eigenvalue weighted by molar-refractivity contribution is 0.216. The highest BCUT2D eigenvalue weighted by Gasteiger charge is 2.19. The summed E-state index contributed by atoms with van der Waals surface area (Å²) < 4.78 is 11.2. The van der Waals surface area contributed by atoms with E-state index >= 15 is 0 Å². The van der Waals surface area contributed by atoms with Gasteiger partial charge in [0, 0.05) is 46.8 Å². The van der Waals surface area contributed by atoms with E-state index in [-0.39, 0.29) is 6.03 Å². The molecule has 0 atom stereocenters. The Kier molecular flexibility index (Phi) is 3.63. The van der Waals surface area contributed by atoms with Crippen molar-refractivity contribution in [3.8, 4) is 0 Å². The number of benzene rings is 1. The molecule has 1 aliphatic rings. The molecule has 3 N–H and O–H groups in total. The SMILES string of the molecule is Nc1cccc(NC(=O)N2CCS(=O)CC2)c1. The second-order valence-electron chi connectivity index (χ2n) is 3.89. The van der Waals surface area contributed by atoms with Gasteiger partial charge in [0.15, 0.2) is 0 Å². The maximum Gasteiger partial charge on any atom is 0.321 e. The summed E-state index contributed by atoms with van der Waals surface area (Å²) in [6.07, 6.45) is 0. The highest BCUT2D eigenvalue weighted by Crippen LogP contribution is 2.13. The zero-order valence-electron chi connectivity index (χ0n) is 9.39. The summed E-state index contributed by atoms with van der Waals surface area (Å²) in [7, 11) is -0.769. The van der Waals surface area contributed by atoms with E-state index in [2.05, 4.69) is 5.32 Å². The van der Waals surface area contributed by atoms with Crippen molar-refractivity contribution in [3.63, 3.8) is 0 Å². The summed E-state index contributed by atoms with van der Waals surface area (Å²) in [5.74, 6) is 1.12. The van der Waals surface area contributed by atoms with Gasteiger partial charge in [-0.05, 0) is 18.2 Å². The molecule has 0 aliphatic carbocycles. The number of carbonyl (C=O) groups excluding carboxylic acids is 1. The first kappa shape index (κ1) is 11.9. The van der Waals surface area contributed by atoms with Crippen molar-refractivity contribution >= 4 is 28.2 Å². The first-order valence-corrected chi connectivity index (χ1v) is 6.90. The number of nitrogens with two attached hydrogens (primary N) is 1. The molecule has 6 heteroatoms. The van der Waals surface area contributed by atoms with Gasteiger partial charge >= 0.3 is 6.03 Å². The number of anilines is 2. The molecule has 0 bridgehead atoms. The van der Waals surface area contributed by atoms with Gasteiger partial charge in [-0.2, -0.15) is 0 Å². The molecule has 0 aromatic heterocycles. The number of hydrogen-bond acceptors (Lipinski definition) is 3. The van der Waals surface area contributed by atoms with Crippen LogP contribution in [0.5, 0.6) is 0 Å². The first-order valence-electron chi connectivity index (χ1n) is 5.41. The minimum absolute atomic E-state index is 0.160. The molecule has 1 saturated heterocycles. The Labute approximate surface area is 102 Å². The lowest BCUT2D eigenvalue weighted by atomic mass is 10.3. The van der Waals surface area contributed by atoms with Crippen LogP contribution in [0, 0.1) is 0 Å². The van der Waals surface area contributed by atoms with E-state index in [4.69, 9.17) is 5.73 Å². The summed E-state index contributed by atoms with van der Waals surface area (Å²) in [4.78, 5) is 13.5. The number of amides is 2. The van der Waals surface area contributed by atoms with Gasteiger partial charge < -0.3 is 16.0 Å². The van der Waals surface area contributed by atoms with E-state index in [1.807, 2.05) is 0 Å². The lowest BCUT2D eigenvalue weighted by Gasteiger charge is -2.26. The highest BCUT2D eigenvalue weighted by atomic mass is 32.2. The number of carbonyl (C=O) groups is 1. The van der Waals surface area contributed by atoms with Gasteiger partial charge in [0.05, 0.1) is 0 Å². The summed E-state index contributed by atoms with van der Waals surface area (Å²) >= 11 is 0. The normalized spacial score (nSPS) is 16.8. The topological polar surface area (TPSA) is 75.4 Å². The molecule has 0 saturated carbocycles. The van der Waals surface area contributed by atoms with E-state index in [1.54, 1.807) is 29.2 Å². The Morgan fingerprint density at radius 2 is 2.06 bits per heavy atom. The van der Waals surface area contributed by atoms with E-state index in [9.17, 15) is 9.00 Å². The second kappa shape index (κ2) is 5.18. The largest absolute Gasteiger partial charge is 0.399 e. The Balaban J connectivity index is 1.95. The number of nitrogens with one attached hydrogen (secondary N) is 1. The zero-order chi connectivity index (χ0) is 12.3. The van der Waals surface area contributed by atoms with Crippen LogP contribution in [0.25, 0.3) is 0 Å². The fourth-order valence-corrected chi connectivity index (χ4v) is 2.71. The minimum atomic E-state index is -0.769. The summed E-state index contributed by atoms with van der Waals surface area (Å²) in [6, 6.07) is 6.89. The lowest BCUT2D eigenvalue weighted by Crippen LogP contribution is -2.43. The number of rotatable bonds is 1. The predicted molar refractivity (Wildman–Crippen MR) is 69.3 cm³/mol. The van der Waals surface area contributed by atoms with Crippen LogP contribution in [0.1, 0.15) is 0 Å². The maximum atomic E-state index is 11.9. The second-order valence-corrected chi connectivity index (χ2v) is 5.59. The molecule has 5 nitrogen and oxygen atoms in total. The molecule has 1 aliphatic heterocycles. The van der Waals surface area contributed by atoms with Crippen LogP contribution in [-0.4, -0.2) is 39.7 Å². The van der Waals surface area contributed by atoms with Gasteiger partial charge in [-0.3, -0.25) is 4.21 Å². The molecule has 92 valence electrons. The van der Waals surface area contributed by atoms with Crippen LogP contribution < -0.4 is 11.1 Å². The van der Waals surface area contributed by atoms with Gasteiger partial charge in [0.25, 0.3) is 0 Å². The van der Waals surface area contributed by atoms with Crippen LogP contribution in [0.2, 0.25) is 0 Å². The summed E-state index contributed by atoms with van der Waals surface area (Å²) in [6.45, 7) is 1.08. The summed E-state index contributed by atoms with van der Waals surface area (Å²) in [5, 5.41) is 2.78. The standard InChI is InChI=1S/C11H15N3O2S/c12-9-2-1-3-10(8-9)13-11(15)14-4-6-17(16)7-5-14/h1-3,8H,4-7,12H2,(H,13,15). The number of nitrogens with zero attached hydrogens (tertiary/aromatic N) is 1. The third kappa shape index (κ3) is 3.20. The van der Waals surface area contributed by atoms with Crippen LogP contribution in [0.15, 0.2) is 24.3 Å². The molecule has 1 heterocycles. The fraction of sp³-hybridized carbons (Fsp3) is 0.364. The third-order valence-electron chi connectivity index (χ3n) is 2.60. The van der Waals surface area contributed by atoms with Crippen LogP contribution in [-0.2, 0) is 10.8 Å². The molecule has 1 aromatic carbocycles. The van der Waals surface area contributed by atoms with Crippen LogP contribution in [0.3, 0.4) is 0 Å². The van der Waals surface area contributed by atoms with Gasteiger partial charge in [-0.1, -0.05) is 6.07 Å². The van der Waals surface area contributed by atoms with Crippen molar-refractivity contribution in [2.45, 2.75) is 0 Å². The molecule has 17 heavy (non-hydrogen) atoms. The Morgan fingerprint density at radius 1 is 1.35 bits per heavy atom. The van der Waals surface area contributed by atoms with Gasteiger partial charge in [-0.15, -0.1) is 0 Å². The average molecular weight is 253 g/mol. The van der Waals surface area contributed by atoms with E-state index < -0.39 is 10.8 Å². The zero-order valence-corrected chi connectivity index (χ0v) is 10.2. The van der Waals surface area contributed by atoms with Gasteiger partial charge in [-0.25, -0.2) is 4.79 Å². The molecule has 1 fully saturated rings. The third-order valence-corrected chi connectivity index (χ3v) is 3.88. The minimum Gasteiger partial charge on any atom is -0.399 e. The maximum absolute atomic E-state index is 11.9. The van der Waals surface area contributed by atoms with Crippen LogP contribution >= 0.6 is 0 Å². The molecular weight excluding hydrogens is 238 g/mol. The molecule has 2 rings (SSSR count). The number of hydrogen-bond donors (Lipinski definition) is 2. The first-order chi connectivity index (χ1) is 8.15. The van der Waals surface area contributed by atoms with Crippen molar-refractivity contribution in [2.24, 2.45) is 0 Å². The van der Waals surface area contributed by atoms with Crippen molar-refractivity contribution in [1.82, 2.24) is 4.90 Å². The highest BCUT2D eigenvalue weighted by molar-refractivity contribution is 7.85. The summed E-state index contributed by atoms with van der Waals surface area (Å²) in [5.41, 5.74) is 6.92. The monoisotopic (exact) mass is 253 g/mol. The molecule has 2 amide bonds. The number of urea groups is 1. The fourth-order valence-electron chi connectivity index (χ4n) is 1.66. The van der Waals surface area contributed by atoms with Crippen molar-refractivity contribution in [2.75, 3.05) is 35.6 Å².